The van der Waals surface area contributed by atoms with Crippen LogP contribution in [0.2, 0.25) is 0 Å². The highest BCUT2D eigenvalue weighted by Crippen LogP contribution is 2.20. The first-order valence-corrected chi connectivity index (χ1v) is 12.4. The molecule has 0 spiro atoms. The standard InChI is InChI=1S/C23H39N9O5/c1-13(2)9-15(24)19(33)30-16(5-3-7-28-23(25)26)21(35)32-8-4-6-18(32)20(34)31-17(22(36)37)10-14-11-27-12-29-14/h11-13,15-18H,3-10,24H2,1-2H3,(H,27,29)(H,30,33)(H,31,34)(H,36,37)(H4,25,26,28). The highest BCUT2D eigenvalue weighted by atomic mass is 16.4. The largest absolute Gasteiger partial charge is 0.480 e. The van der Waals surface area contributed by atoms with Crippen LogP contribution in [-0.4, -0.2) is 86.9 Å². The number of aromatic amines is 1. The van der Waals surface area contributed by atoms with E-state index in [-0.39, 0.29) is 31.3 Å². The number of imidazole rings is 1. The maximum atomic E-state index is 13.5. The number of carboxylic acids is 1. The van der Waals surface area contributed by atoms with Crippen LogP contribution < -0.4 is 27.8 Å². The number of aliphatic imine (C=N–C) groups is 1. The lowest BCUT2D eigenvalue weighted by Crippen LogP contribution is -2.57. The number of nitrogens with one attached hydrogen (secondary N) is 3. The van der Waals surface area contributed by atoms with Crippen molar-refractivity contribution in [2.75, 3.05) is 13.1 Å². The normalized spacial score (nSPS) is 17.6. The van der Waals surface area contributed by atoms with Crippen molar-refractivity contribution in [1.29, 1.82) is 0 Å². The Hall–Kier alpha value is -3.68. The Kier molecular flexibility index (Phi) is 11.3. The van der Waals surface area contributed by atoms with E-state index in [1.54, 1.807) is 0 Å². The van der Waals surface area contributed by atoms with Gasteiger partial charge in [0.2, 0.25) is 17.7 Å². The summed E-state index contributed by atoms with van der Waals surface area (Å²) in [5.41, 5.74) is 17.3. The van der Waals surface area contributed by atoms with Crippen molar-refractivity contribution in [3.63, 3.8) is 0 Å². The van der Waals surface area contributed by atoms with Gasteiger partial charge in [0.25, 0.3) is 0 Å². The number of guanidine groups is 1. The second-order valence-corrected chi connectivity index (χ2v) is 9.62. The third kappa shape index (κ3) is 9.37. The van der Waals surface area contributed by atoms with Crippen LogP contribution in [0.25, 0.3) is 0 Å². The van der Waals surface area contributed by atoms with Crippen molar-refractivity contribution in [3.8, 4) is 0 Å². The molecule has 0 saturated carbocycles. The second kappa shape index (κ2) is 14.2. The van der Waals surface area contributed by atoms with E-state index >= 15 is 0 Å². The molecule has 4 unspecified atom stereocenters. The Morgan fingerprint density at radius 3 is 2.57 bits per heavy atom. The van der Waals surface area contributed by atoms with Gasteiger partial charge in [-0.25, -0.2) is 9.78 Å². The molecule has 1 aromatic heterocycles. The van der Waals surface area contributed by atoms with E-state index in [4.69, 9.17) is 17.2 Å². The van der Waals surface area contributed by atoms with Crippen molar-refractivity contribution >= 4 is 29.7 Å². The summed E-state index contributed by atoms with van der Waals surface area (Å²) in [6.45, 7) is 4.44. The molecule has 3 amide bonds. The Morgan fingerprint density at radius 1 is 1.24 bits per heavy atom. The zero-order valence-corrected chi connectivity index (χ0v) is 21.4. The van der Waals surface area contributed by atoms with Gasteiger partial charge in [0.1, 0.15) is 18.1 Å². The minimum Gasteiger partial charge on any atom is -0.480 e. The highest BCUT2D eigenvalue weighted by molar-refractivity contribution is 5.94. The topological polar surface area (TPSA) is 235 Å². The molecule has 0 aliphatic carbocycles. The number of aliphatic carboxylic acids is 1. The molecule has 0 bridgehead atoms. The van der Waals surface area contributed by atoms with Gasteiger partial charge in [-0.1, -0.05) is 13.8 Å². The lowest BCUT2D eigenvalue weighted by molar-refractivity contribution is -0.145. The highest BCUT2D eigenvalue weighted by Gasteiger charge is 2.39. The number of amides is 3. The monoisotopic (exact) mass is 521 g/mol. The molecule has 0 radical (unpaired) electrons. The van der Waals surface area contributed by atoms with Crippen LogP contribution in [0.5, 0.6) is 0 Å². The van der Waals surface area contributed by atoms with Crippen LogP contribution in [0.3, 0.4) is 0 Å². The number of nitrogens with zero attached hydrogens (tertiary/aromatic N) is 3. The van der Waals surface area contributed by atoms with Gasteiger partial charge in [-0.2, -0.15) is 0 Å². The van der Waals surface area contributed by atoms with Gasteiger partial charge in [0.15, 0.2) is 5.96 Å². The lowest BCUT2D eigenvalue weighted by Gasteiger charge is -2.30. The van der Waals surface area contributed by atoms with E-state index in [9.17, 15) is 24.3 Å². The number of carboxylic acid groups (broad SMARTS) is 1. The summed E-state index contributed by atoms with van der Waals surface area (Å²) in [5, 5.41) is 14.8. The molecular weight excluding hydrogens is 482 g/mol. The molecule has 1 aliphatic heterocycles. The molecular formula is C23H39N9O5. The number of rotatable bonds is 14. The fourth-order valence-electron chi connectivity index (χ4n) is 4.24. The van der Waals surface area contributed by atoms with E-state index < -0.39 is 47.9 Å². The summed E-state index contributed by atoms with van der Waals surface area (Å²) in [6.07, 6.45) is 4.93. The maximum Gasteiger partial charge on any atom is 0.326 e. The molecule has 2 heterocycles. The first-order chi connectivity index (χ1) is 17.5. The van der Waals surface area contributed by atoms with E-state index in [0.717, 1.165) is 0 Å². The molecule has 37 heavy (non-hydrogen) atoms. The predicted octanol–water partition coefficient (Wildman–Crippen LogP) is -1.58. The third-order valence-electron chi connectivity index (χ3n) is 6.05. The molecule has 4 atom stereocenters. The molecule has 1 saturated heterocycles. The Morgan fingerprint density at radius 2 is 1.97 bits per heavy atom. The van der Waals surface area contributed by atoms with E-state index in [0.29, 0.717) is 37.9 Å². The van der Waals surface area contributed by atoms with Crippen molar-refractivity contribution in [2.45, 2.75) is 76.5 Å². The molecule has 10 N–H and O–H groups in total. The van der Waals surface area contributed by atoms with Crippen molar-refractivity contribution in [2.24, 2.45) is 28.1 Å². The smallest absolute Gasteiger partial charge is 0.326 e. The molecule has 206 valence electrons. The van der Waals surface area contributed by atoms with Gasteiger partial charge in [0, 0.05) is 31.4 Å². The van der Waals surface area contributed by atoms with Crippen LogP contribution in [0, 0.1) is 5.92 Å². The average molecular weight is 522 g/mol. The zero-order valence-electron chi connectivity index (χ0n) is 21.4. The van der Waals surface area contributed by atoms with Crippen LogP contribution in [0.15, 0.2) is 17.5 Å². The number of carbonyl (C=O) groups is 4. The molecule has 0 aromatic carbocycles. The molecule has 2 rings (SSSR count). The van der Waals surface area contributed by atoms with Gasteiger partial charge in [0.05, 0.1) is 12.4 Å². The van der Waals surface area contributed by atoms with Crippen molar-refractivity contribution in [1.82, 2.24) is 25.5 Å². The maximum absolute atomic E-state index is 13.5. The number of aromatic nitrogens is 2. The molecule has 1 aromatic rings. The second-order valence-electron chi connectivity index (χ2n) is 9.62. The quantitative estimate of drug-likeness (QED) is 0.0848. The molecule has 1 aliphatic rings. The summed E-state index contributed by atoms with van der Waals surface area (Å²) in [5.74, 6) is -2.56. The Balaban J connectivity index is 2.12. The van der Waals surface area contributed by atoms with Crippen LogP contribution >= 0.6 is 0 Å². The summed E-state index contributed by atoms with van der Waals surface area (Å²) in [7, 11) is 0. The molecule has 1 fully saturated rings. The Bertz CT molecular complexity index is 946. The van der Waals surface area contributed by atoms with Gasteiger partial charge in [-0.3, -0.25) is 19.4 Å². The van der Waals surface area contributed by atoms with E-state index in [1.807, 2.05) is 13.8 Å². The number of H-pyrrole nitrogens is 1. The first-order valence-electron chi connectivity index (χ1n) is 12.4. The number of likely N-dealkylation sites (tertiary alicyclic amines) is 1. The van der Waals surface area contributed by atoms with Gasteiger partial charge >= 0.3 is 5.97 Å². The summed E-state index contributed by atoms with van der Waals surface area (Å²) < 4.78 is 0. The Labute approximate surface area is 215 Å². The van der Waals surface area contributed by atoms with Crippen molar-refractivity contribution < 1.29 is 24.3 Å². The summed E-state index contributed by atoms with van der Waals surface area (Å²) >= 11 is 0. The first kappa shape index (κ1) is 29.5. The minimum absolute atomic E-state index is 0.0129. The predicted molar refractivity (Wildman–Crippen MR) is 136 cm³/mol. The fraction of sp³-hybridized carbons (Fsp3) is 0.652. The molecule has 14 heteroatoms. The lowest BCUT2D eigenvalue weighted by atomic mass is 10.0. The number of hydrogen-bond donors (Lipinski definition) is 7. The van der Waals surface area contributed by atoms with Crippen molar-refractivity contribution in [3.05, 3.63) is 18.2 Å². The van der Waals surface area contributed by atoms with Crippen LogP contribution in [0.1, 0.15) is 51.6 Å². The van der Waals surface area contributed by atoms with E-state index in [1.165, 1.54) is 17.4 Å². The number of carbonyl (C=O) groups excluding carboxylic acids is 3. The molecule has 14 nitrogen and oxygen atoms in total. The van der Waals surface area contributed by atoms with E-state index in [2.05, 4.69) is 25.6 Å². The third-order valence-corrected chi connectivity index (χ3v) is 6.05. The van der Waals surface area contributed by atoms with Gasteiger partial charge in [-0.15, -0.1) is 0 Å². The summed E-state index contributed by atoms with van der Waals surface area (Å²) in [4.78, 5) is 63.0. The zero-order chi connectivity index (χ0) is 27.5. The fourth-order valence-corrected chi connectivity index (χ4v) is 4.24. The van der Waals surface area contributed by atoms with Crippen LogP contribution in [0.4, 0.5) is 0 Å². The SMILES string of the molecule is CC(C)CC(N)C(=O)NC(CCCN=C(N)N)C(=O)N1CCCC1C(=O)NC(Cc1cnc[nH]1)C(=O)O. The summed E-state index contributed by atoms with van der Waals surface area (Å²) in [6, 6.07) is -3.79. The van der Waals surface area contributed by atoms with Gasteiger partial charge in [-0.05, 0) is 38.0 Å². The van der Waals surface area contributed by atoms with Gasteiger partial charge < -0.3 is 42.8 Å². The average Bonchev–Trinajstić information content (AvgIpc) is 3.51. The van der Waals surface area contributed by atoms with Crippen LogP contribution in [-0.2, 0) is 25.6 Å². The minimum atomic E-state index is -1.21. The number of nitrogens with two attached hydrogens (primary N) is 3. The number of hydrogen-bond acceptors (Lipinski definition) is 7.